The van der Waals surface area contributed by atoms with Crippen molar-refractivity contribution in [3.8, 4) is 22.9 Å². The number of unbranched alkanes of at least 4 members (excludes halogenated alkanes) is 5. The lowest BCUT2D eigenvalue weighted by Gasteiger charge is -2.07. The van der Waals surface area contributed by atoms with Crippen LogP contribution in [-0.2, 0) is 0 Å². The van der Waals surface area contributed by atoms with Gasteiger partial charge in [-0.15, -0.1) is 0 Å². The van der Waals surface area contributed by atoms with Crippen molar-refractivity contribution in [2.75, 3.05) is 6.61 Å². The zero-order valence-corrected chi connectivity index (χ0v) is 18.7. The summed E-state index contributed by atoms with van der Waals surface area (Å²) < 4.78 is 11.0. The van der Waals surface area contributed by atoms with E-state index in [1.165, 1.54) is 56.4 Å². The van der Waals surface area contributed by atoms with Crippen LogP contribution in [0.4, 0.5) is 0 Å². The van der Waals surface area contributed by atoms with Crippen LogP contribution in [0.2, 0.25) is 0 Å². The number of aromatic nitrogens is 2. The summed E-state index contributed by atoms with van der Waals surface area (Å²) in [6.45, 7) is 2.87. The predicted octanol–water partition coefficient (Wildman–Crippen LogP) is 5.80. The van der Waals surface area contributed by atoms with Gasteiger partial charge in [-0.05, 0) is 42.8 Å². The molecule has 2 aromatic carbocycles. The zero-order chi connectivity index (χ0) is 23.5. The Morgan fingerprint density at radius 3 is 2.03 bits per heavy atom. The van der Waals surface area contributed by atoms with Crippen LogP contribution in [-0.4, -0.2) is 33.6 Å². The van der Waals surface area contributed by atoms with Crippen LogP contribution in [0.1, 0.15) is 66.2 Å². The van der Waals surface area contributed by atoms with Crippen LogP contribution in [0.15, 0.2) is 60.9 Å². The van der Waals surface area contributed by atoms with Crippen molar-refractivity contribution in [2.24, 2.45) is 0 Å². The third kappa shape index (κ3) is 7.42. The molecule has 7 nitrogen and oxygen atoms in total. The first-order valence-electron chi connectivity index (χ1n) is 11.2. The van der Waals surface area contributed by atoms with Crippen LogP contribution < -0.4 is 9.47 Å². The highest BCUT2D eigenvalue weighted by Crippen LogP contribution is 2.19. The van der Waals surface area contributed by atoms with E-state index in [4.69, 9.17) is 14.6 Å². The van der Waals surface area contributed by atoms with E-state index in [0.29, 0.717) is 23.7 Å². The molecule has 0 spiro atoms. The number of aromatic carboxylic acids is 1. The molecular formula is C26H28N2O5. The summed E-state index contributed by atoms with van der Waals surface area (Å²) in [5, 5.41) is 8.93. The molecule has 0 aliphatic carbocycles. The summed E-state index contributed by atoms with van der Waals surface area (Å²) in [5.74, 6) is -0.131. The highest BCUT2D eigenvalue weighted by molar-refractivity contribution is 5.92. The molecule has 0 amide bonds. The maximum absolute atomic E-state index is 12.3. The van der Waals surface area contributed by atoms with E-state index in [9.17, 15) is 9.59 Å². The van der Waals surface area contributed by atoms with Gasteiger partial charge in [0.1, 0.15) is 5.75 Å². The average Bonchev–Trinajstić information content (AvgIpc) is 2.84. The van der Waals surface area contributed by atoms with Crippen LogP contribution in [0, 0.1) is 0 Å². The molecule has 3 rings (SSSR count). The Balaban J connectivity index is 1.49. The lowest BCUT2D eigenvalue weighted by molar-refractivity contribution is 0.0696. The number of rotatable bonds is 12. The van der Waals surface area contributed by atoms with Crippen LogP contribution in [0.3, 0.4) is 0 Å². The van der Waals surface area contributed by atoms with Crippen molar-refractivity contribution in [1.82, 2.24) is 9.97 Å². The quantitative estimate of drug-likeness (QED) is 0.212. The fourth-order valence-corrected chi connectivity index (χ4v) is 3.20. The van der Waals surface area contributed by atoms with Gasteiger partial charge in [-0.25, -0.2) is 19.6 Å². The van der Waals surface area contributed by atoms with Crippen molar-refractivity contribution in [1.29, 1.82) is 0 Å². The maximum atomic E-state index is 12.3. The number of esters is 1. The number of carboxylic acid groups (broad SMARTS) is 1. The monoisotopic (exact) mass is 448 g/mol. The molecule has 33 heavy (non-hydrogen) atoms. The molecule has 0 atom stereocenters. The Hall–Kier alpha value is -3.74. The molecule has 0 unspecified atom stereocenters. The van der Waals surface area contributed by atoms with Gasteiger partial charge in [-0.3, -0.25) is 0 Å². The minimum atomic E-state index is -1.04. The second kappa shape index (κ2) is 12.3. The van der Waals surface area contributed by atoms with E-state index in [0.717, 1.165) is 12.0 Å². The standard InChI is InChI=1S/C26H28N2O5/c1-2-3-4-5-6-7-16-32-23-17-27-24(28-18-23)19-8-10-21(11-9-19)26(31)33-22-14-12-20(13-15-22)25(29)30/h8-15,17-18H,2-7,16H2,1H3,(H,29,30). The van der Waals surface area contributed by atoms with Crippen molar-refractivity contribution >= 4 is 11.9 Å². The average molecular weight is 449 g/mol. The highest BCUT2D eigenvalue weighted by Gasteiger charge is 2.11. The lowest BCUT2D eigenvalue weighted by Crippen LogP contribution is -2.08. The van der Waals surface area contributed by atoms with E-state index in [1.807, 2.05) is 0 Å². The molecule has 7 heteroatoms. The van der Waals surface area contributed by atoms with Crippen molar-refractivity contribution in [3.63, 3.8) is 0 Å². The molecular weight excluding hydrogens is 420 g/mol. The topological polar surface area (TPSA) is 98.6 Å². The SMILES string of the molecule is CCCCCCCCOc1cnc(-c2ccc(C(=O)Oc3ccc(C(=O)O)cc3)cc2)nc1. The summed E-state index contributed by atoms with van der Waals surface area (Å²) in [7, 11) is 0. The number of ether oxygens (including phenoxy) is 2. The largest absolute Gasteiger partial charge is 0.490 e. The summed E-state index contributed by atoms with van der Waals surface area (Å²) in [6.07, 6.45) is 10.6. The number of hydrogen-bond acceptors (Lipinski definition) is 6. The minimum absolute atomic E-state index is 0.123. The lowest BCUT2D eigenvalue weighted by atomic mass is 10.1. The molecule has 0 saturated heterocycles. The van der Waals surface area contributed by atoms with Gasteiger partial charge in [0.2, 0.25) is 0 Å². The van der Waals surface area contributed by atoms with Gasteiger partial charge in [-0.1, -0.05) is 51.2 Å². The van der Waals surface area contributed by atoms with Gasteiger partial charge in [-0.2, -0.15) is 0 Å². The fourth-order valence-electron chi connectivity index (χ4n) is 3.20. The molecule has 1 aromatic heterocycles. The summed E-state index contributed by atoms with van der Waals surface area (Å²) in [6, 6.07) is 12.4. The second-order valence-electron chi connectivity index (χ2n) is 7.66. The number of hydrogen-bond donors (Lipinski definition) is 1. The van der Waals surface area contributed by atoms with E-state index in [2.05, 4.69) is 16.9 Å². The van der Waals surface area contributed by atoms with Crippen LogP contribution in [0.25, 0.3) is 11.4 Å². The molecule has 3 aromatic rings. The first-order chi connectivity index (χ1) is 16.1. The van der Waals surface area contributed by atoms with E-state index >= 15 is 0 Å². The van der Waals surface area contributed by atoms with Gasteiger partial charge in [0.15, 0.2) is 11.6 Å². The third-order valence-electron chi connectivity index (χ3n) is 5.09. The smallest absolute Gasteiger partial charge is 0.343 e. The molecule has 0 aliphatic heterocycles. The van der Waals surface area contributed by atoms with Crippen molar-refractivity contribution < 1.29 is 24.2 Å². The molecule has 1 N–H and O–H groups in total. The third-order valence-corrected chi connectivity index (χ3v) is 5.09. The zero-order valence-electron chi connectivity index (χ0n) is 18.7. The molecule has 0 radical (unpaired) electrons. The van der Waals surface area contributed by atoms with Crippen LogP contribution >= 0.6 is 0 Å². The maximum Gasteiger partial charge on any atom is 0.343 e. The van der Waals surface area contributed by atoms with E-state index in [1.54, 1.807) is 36.7 Å². The fraction of sp³-hybridized carbons (Fsp3) is 0.308. The molecule has 0 fully saturated rings. The minimum Gasteiger partial charge on any atom is -0.490 e. The second-order valence-corrected chi connectivity index (χ2v) is 7.66. The van der Waals surface area contributed by atoms with Gasteiger partial charge < -0.3 is 14.6 Å². The Labute approximate surface area is 193 Å². The molecule has 1 heterocycles. The molecule has 0 saturated carbocycles. The number of carboxylic acids is 1. The van der Waals surface area contributed by atoms with Gasteiger partial charge >= 0.3 is 11.9 Å². The normalized spacial score (nSPS) is 10.6. The van der Waals surface area contributed by atoms with Gasteiger partial charge in [0, 0.05) is 5.56 Å². The summed E-state index contributed by atoms with van der Waals surface area (Å²) in [5.41, 5.74) is 1.25. The molecule has 172 valence electrons. The highest BCUT2D eigenvalue weighted by atomic mass is 16.5. The van der Waals surface area contributed by atoms with E-state index < -0.39 is 11.9 Å². The first kappa shape index (κ1) is 23.9. The van der Waals surface area contributed by atoms with E-state index in [-0.39, 0.29) is 11.3 Å². The number of carbonyl (C=O) groups is 2. The Morgan fingerprint density at radius 1 is 0.788 bits per heavy atom. The van der Waals surface area contributed by atoms with Gasteiger partial charge in [0.05, 0.1) is 30.1 Å². The number of nitrogens with zero attached hydrogens (tertiary/aromatic N) is 2. The van der Waals surface area contributed by atoms with Crippen molar-refractivity contribution in [2.45, 2.75) is 45.4 Å². The Morgan fingerprint density at radius 2 is 1.39 bits per heavy atom. The van der Waals surface area contributed by atoms with Gasteiger partial charge in [0.25, 0.3) is 0 Å². The van der Waals surface area contributed by atoms with Crippen molar-refractivity contribution in [3.05, 3.63) is 72.1 Å². The summed E-state index contributed by atoms with van der Waals surface area (Å²) in [4.78, 5) is 31.9. The Bertz CT molecular complexity index is 1030. The predicted molar refractivity (Wildman–Crippen MR) is 125 cm³/mol. The summed E-state index contributed by atoms with van der Waals surface area (Å²) >= 11 is 0. The van der Waals surface area contributed by atoms with Crippen LogP contribution in [0.5, 0.6) is 11.5 Å². The first-order valence-corrected chi connectivity index (χ1v) is 11.2. The number of benzene rings is 2. The number of carbonyl (C=O) groups excluding carboxylic acids is 1. The molecule has 0 aliphatic rings. The Kier molecular flexibility index (Phi) is 8.94. The molecule has 0 bridgehead atoms.